The first-order chi connectivity index (χ1) is 16.7. The lowest BCUT2D eigenvalue weighted by Crippen LogP contribution is -2.44. The topological polar surface area (TPSA) is 79.3 Å². The van der Waals surface area contributed by atoms with Crippen LogP contribution in [0.5, 0.6) is 0 Å². The molecule has 1 amide bonds. The zero-order chi connectivity index (χ0) is 24.9. The zero-order valence-electron chi connectivity index (χ0n) is 19.4. The minimum absolute atomic E-state index is 0.00976. The van der Waals surface area contributed by atoms with Crippen LogP contribution in [0, 0.1) is 34.8 Å². The first-order valence-electron chi connectivity index (χ1n) is 12.0. The van der Waals surface area contributed by atoms with Gasteiger partial charge in [0.25, 0.3) is 0 Å². The number of rotatable bonds is 4. The monoisotopic (exact) mass is 500 g/mol. The molecule has 0 bridgehead atoms. The van der Waals surface area contributed by atoms with Crippen molar-refractivity contribution in [3.05, 3.63) is 70.1 Å². The molecule has 3 unspecified atom stereocenters. The Hall–Kier alpha value is -2.80. The van der Waals surface area contributed by atoms with Crippen LogP contribution in [0.15, 0.2) is 42.3 Å². The van der Waals surface area contributed by atoms with Crippen molar-refractivity contribution in [1.29, 1.82) is 0 Å². The third-order valence-corrected chi connectivity index (χ3v) is 8.68. The summed E-state index contributed by atoms with van der Waals surface area (Å²) in [5, 5.41) is 13.1. The van der Waals surface area contributed by atoms with Crippen LogP contribution in [-0.4, -0.2) is 21.8 Å². The SMILES string of the molecule is C[C@]12CCC3c4ccc(Cl)cc4CCC3C1[C@H](CCC(=O)Nc1ncc(F)cc1F)/C(=C/O)C2=O. The van der Waals surface area contributed by atoms with E-state index in [0.29, 0.717) is 30.4 Å². The molecule has 5 atom stereocenters. The number of ketones is 1. The quantitative estimate of drug-likeness (QED) is 0.390. The third kappa shape index (κ3) is 4.03. The van der Waals surface area contributed by atoms with E-state index in [0.717, 1.165) is 36.7 Å². The van der Waals surface area contributed by atoms with E-state index in [-0.39, 0.29) is 35.8 Å². The second-order valence-electron chi connectivity index (χ2n) is 10.2. The smallest absolute Gasteiger partial charge is 0.225 e. The Kier molecular flexibility index (Phi) is 6.16. The molecule has 3 aliphatic rings. The van der Waals surface area contributed by atoms with Crippen molar-refractivity contribution in [2.75, 3.05) is 5.32 Å². The van der Waals surface area contributed by atoms with Crippen molar-refractivity contribution in [2.45, 2.75) is 51.4 Å². The minimum atomic E-state index is -0.950. The van der Waals surface area contributed by atoms with Gasteiger partial charge in [-0.05, 0) is 79.0 Å². The first kappa shape index (κ1) is 23.9. The number of pyridine rings is 1. The van der Waals surface area contributed by atoms with E-state index in [2.05, 4.69) is 16.4 Å². The summed E-state index contributed by atoms with van der Waals surface area (Å²) in [6.45, 7) is 2.00. The Morgan fingerprint density at radius 2 is 2.11 bits per heavy atom. The van der Waals surface area contributed by atoms with Gasteiger partial charge in [-0.1, -0.05) is 24.6 Å². The molecule has 2 saturated carbocycles. The predicted molar refractivity (Wildman–Crippen MR) is 128 cm³/mol. The normalized spacial score (nSPS) is 30.5. The lowest BCUT2D eigenvalue weighted by molar-refractivity contribution is -0.127. The molecule has 0 saturated heterocycles. The van der Waals surface area contributed by atoms with E-state index in [1.54, 1.807) is 0 Å². The van der Waals surface area contributed by atoms with Crippen LogP contribution in [0.1, 0.15) is 56.1 Å². The number of Topliss-reactive ketones (excluding diaryl/α,β-unsaturated/α-hetero) is 1. The molecule has 8 heteroatoms. The number of aliphatic hydroxyl groups excluding tert-OH is 1. The summed E-state index contributed by atoms with van der Waals surface area (Å²) < 4.78 is 27.0. The number of hydrogen-bond acceptors (Lipinski definition) is 4. The summed E-state index contributed by atoms with van der Waals surface area (Å²) in [4.78, 5) is 29.7. The van der Waals surface area contributed by atoms with E-state index in [9.17, 15) is 23.5 Å². The fraction of sp³-hybridized carbons (Fsp3) is 0.444. The van der Waals surface area contributed by atoms with E-state index in [4.69, 9.17) is 11.6 Å². The second-order valence-corrected chi connectivity index (χ2v) is 10.7. The maximum atomic E-state index is 13.9. The lowest BCUT2D eigenvalue weighted by Gasteiger charge is -2.49. The van der Waals surface area contributed by atoms with Gasteiger partial charge >= 0.3 is 0 Å². The number of nitrogens with zero attached hydrogens (tertiary/aromatic N) is 1. The number of halogens is 3. The molecule has 0 spiro atoms. The van der Waals surface area contributed by atoms with Crippen LogP contribution in [0.3, 0.4) is 0 Å². The number of allylic oxidation sites excluding steroid dienone is 1. The maximum Gasteiger partial charge on any atom is 0.225 e. The molecule has 2 aromatic rings. The minimum Gasteiger partial charge on any atom is -0.515 e. The van der Waals surface area contributed by atoms with Gasteiger partial charge in [0.2, 0.25) is 5.91 Å². The van der Waals surface area contributed by atoms with E-state index in [1.807, 2.05) is 19.1 Å². The van der Waals surface area contributed by atoms with Crippen molar-refractivity contribution < 1.29 is 23.5 Å². The molecule has 0 aliphatic heterocycles. The largest absolute Gasteiger partial charge is 0.515 e. The molecule has 5 nitrogen and oxygen atoms in total. The van der Waals surface area contributed by atoms with Crippen LogP contribution in [-0.2, 0) is 16.0 Å². The van der Waals surface area contributed by atoms with Crippen LogP contribution in [0.2, 0.25) is 5.02 Å². The lowest BCUT2D eigenvalue weighted by atomic mass is 9.54. The molecule has 5 rings (SSSR count). The number of aromatic nitrogens is 1. The average molecular weight is 501 g/mol. The van der Waals surface area contributed by atoms with Crippen molar-refractivity contribution in [3.8, 4) is 0 Å². The molecule has 3 aliphatic carbocycles. The summed E-state index contributed by atoms with van der Waals surface area (Å²) in [6, 6.07) is 6.71. The van der Waals surface area contributed by atoms with Gasteiger partial charge in [-0.15, -0.1) is 0 Å². The van der Waals surface area contributed by atoms with Gasteiger partial charge in [-0.3, -0.25) is 9.59 Å². The number of anilines is 1. The Balaban J connectivity index is 1.39. The van der Waals surface area contributed by atoms with E-state index >= 15 is 0 Å². The fourth-order valence-corrected chi connectivity index (χ4v) is 7.17. The number of carbonyl (C=O) groups is 2. The number of hydrogen-bond donors (Lipinski definition) is 2. The summed E-state index contributed by atoms with van der Waals surface area (Å²) in [5.74, 6) is -2.37. The highest BCUT2D eigenvalue weighted by Crippen LogP contribution is 2.63. The van der Waals surface area contributed by atoms with Crippen LogP contribution < -0.4 is 5.32 Å². The Bertz CT molecular complexity index is 1230. The van der Waals surface area contributed by atoms with Crippen molar-refractivity contribution in [1.82, 2.24) is 4.98 Å². The molecule has 1 aromatic heterocycles. The molecule has 1 aromatic carbocycles. The Labute approximate surface area is 207 Å². The summed E-state index contributed by atoms with van der Waals surface area (Å²) in [6.07, 6.45) is 5.50. The Morgan fingerprint density at radius 3 is 2.86 bits per heavy atom. The molecule has 35 heavy (non-hydrogen) atoms. The van der Waals surface area contributed by atoms with Gasteiger partial charge in [0.1, 0.15) is 5.82 Å². The molecular formula is C27H27ClF2N2O3. The van der Waals surface area contributed by atoms with Gasteiger partial charge in [0.05, 0.1) is 12.5 Å². The van der Waals surface area contributed by atoms with Gasteiger partial charge in [-0.2, -0.15) is 0 Å². The summed E-state index contributed by atoms with van der Waals surface area (Å²) in [5.41, 5.74) is 2.33. The van der Waals surface area contributed by atoms with Gasteiger partial charge in [-0.25, -0.2) is 13.8 Å². The van der Waals surface area contributed by atoms with Gasteiger partial charge in [0, 0.05) is 28.5 Å². The van der Waals surface area contributed by atoms with Crippen LogP contribution in [0.4, 0.5) is 14.6 Å². The molecule has 184 valence electrons. The molecule has 0 radical (unpaired) electrons. The number of nitrogens with one attached hydrogen (secondary N) is 1. The molecular weight excluding hydrogens is 474 g/mol. The average Bonchev–Trinajstić information content (AvgIpc) is 3.05. The summed E-state index contributed by atoms with van der Waals surface area (Å²) >= 11 is 6.23. The van der Waals surface area contributed by atoms with E-state index < -0.39 is 23.0 Å². The number of aliphatic hydroxyl groups is 1. The maximum absolute atomic E-state index is 13.9. The Morgan fingerprint density at radius 1 is 1.31 bits per heavy atom. The van der Waals surface area contributed by atoms with E-state index in [1.165, 1.54) is 11.1 Å². The third-order valence-electron chi connectivity index (χ3n) is 8.44. The number of carbonyl (C=O) groups excluding carboxylic acids is 2. The standard InChI is InChI=1S/C27H27ClF2N2O3/c1-27-9-8-18-17-5-3-15(28)10-14(17)2-4-19(18)24(27)20(21(13-33)25(27)35)6-7-23(34)32-26-22(30)11-16(29)12-31-26/h3,5,10-13,18-20,24,33H,2,4,6-9H2,1H3,(H,31,32,34)/b21-13-/t18?,19?,20-,24?,27+/m1/s1. The highest BCUT2D eigenvalue weighted by Gasteiger charge is 2.60. The number of fused-ring (bicyclic) bond motifs is 5. The van der Waals surface area contributed by atoms with Crippen molar-refractivity contribution in [3.63, 3.8) is 0 Å². The fourth-order valence-electron chi connectivity index (χ4n) is 6.98. The van der Waals surface area contributed by atoms with Crippen LogP contribution >= 0.6 is 11.6 Å². The second kappa shape index (κ2) is 9.01. The van der Waals surface area contributed by atoms with Crippen LogP contribution in [0.25, 0.3) is 0 Å². The van der Waals surface area contributed by atoms with Gasteiger partial charge < -0.3 is 10.4 Å². The summed E-state index contributed by atoms with van der Waals surface area (Å²) in [7, 11) is 0. The highest BCUT2D eigenvalue weighted by molar-refractivity contribution is 6.30. The zero-order valence-corrected chi connectivity index (χ0v) is 20.1. The molecule has 2 fully saturated rings. The van der Waals surface area contributed by atoms with Crippen molar-refractivity contribution in [2.24, 2.45) is 23.2 Å². The number of benzene rings is 1. The highest BCUT2D eigenvalue weighted by atomic mass is 35.5. The number of aryl methyl sites for hydroxylation is 1. The number of amides is 1. The molecule has 2 N–H and O–H groups in total. The molecule has 1 heterocycles. The first-order valence-corrected chi connectivity index (χ1v) is 12.4. The van der Waals surface area contributed by atoms with Gasteiger partial charge in [0.15, 0.2) is 17.4 Å². The predicted octanol–water partition coefficient (Wildman–Crippen LogP) is 6.14. The van der Waals surface area contributed by atoms with Crippen molar-refractivity contribution >= 4 is 29.1 Å².